The van der Waals surface area contributed by atoms with E-state index in [1.165, 1.54) is 17.4 Å². The lowest BCUT2D eigenvalue weighted by atomic mass is 10.5. The molecule has 0 spiro atoms. The number of aryl methyl sites for hydroxylation is 1. The molecular weight excluding hydrogens is 318 g/mol. The molecule has 1 aromatic rings. The van der Waals surface area contributed by atoms with Crippen LogP contribution >= 0.6 is 27.3 Å². The number of nitrogens with two attached hydrogens (primary N) is 1. The Balaban J connectivity index is 2.91. The number of thiophene rings is 1. The fourth-order valence-corrected chi connectivity index (χ4v) is 4.39. The Morgan fingerprint density at radius 1 is 1.75 bits per heavy atom. The molecule has 0 aliphatic heterocycles. The van der Waals surface area contributed by atoms with Gasteiger partial charge in [-0.2, -0.15) is 0 Å². The van der Waals surface area contributed by atoms with Crippen LogP contribution in [0.3, 0.4) is 0 Å². The lowest BCUT2D eigenvalue weighted by Crippen LogP contribution is -2.33. The lowest BCUT2D eigenvalue weighted by molar-refractivity contribution is 0.317. The minimum absolute atomic E-state index is 0.190. The predicted molar refractivity (Wildman–Crippen MR) is 65.4 cm³/mol. The fourth-order valence-electron chi connectivity index (χ4n) is 0.980. The van der Waals surface area contributed by atoms with E-state index in [9.17, 15) is 8.42 Å². The molecule has 16 heavy (non-hydrogen) atoms. The number of amidine groups is 1. The first kappa shape index (κ1) is 13.4. The van der Waals surface area contributed by atoms with E-state index in [0.717, 1.165) is 3.79 Å². The van der Waals surface area contributed by atoms with E-state index in [1.54, 1.807) is 6.92 Å². The first-order valence-corrected chi connectivity index (χ1v) is 7.18. The van der Waals surface area contributed by atoms with Crippen LogP contribution in [0.25, 0.3) is 0 Å². The summed E-state index contributed by atoms with van der Waals surface area (Å²) in [6.07, 6.45) is 0. The summed E-state index contributed by atoms with van der Waals surface area (Å²) in [5, 5.41) is 11.0. The quantitative estimate of drug-likeness (QED) is 0.330. The van der Waals surface area contributed by atoms with Crippen LogP contribution in [0.2, 0.25) is 0 Å². The highest BCUT2D eigenvalue weighted by Gasteiger charge is 2.19. The molecule has 0 aliphatic rings. The summed E-state index contributed by atoms with van der Waals surface area (Å²) >= 11 is 4.53. The van der Waals surface area contributed by atoms with E-state index in [4.69, 9.17) is 10.9 Å². The Morgan fingerprint density at radius 3 is 2.81 bits per heavy atom. The summed E-state index contributed by atoms with van der Waals surface area (Å²) in [6.45, 7) is 1.47. The van der Waals surface area contributed by atoms with Crippen LogP contribution < -0.4 is 10.5 Å². The number of oxime groups is 1. The van der Waals surface area contributed by atoms with E-state index in [0.29, 0.717) is 4.88 Å². The highest BCUT2D eigenvalue weighted by Crippen LogP contribution is 2.29. The molecule has 4 N–H and O–H groups in total. The Labute approximate surface area is 105 Å². The number of nitrogens with one attached hydrogen (secondary N) is 1. The van der Waals surface area contributed by atoms with Crippen LogP contribution in [-0.2, 0) is 10.0 Å². The van der Waals surface area contributed by atoms with Crippen molar-refractivity contribution in [1.29, 1.82) is 0 Å². The van der Waals surface area contributed by atoms with E-state index in [1.807, 2.05) is 0 Å². The molecule has 0 bridgehead atoms. The largest absolute Gasteiger partial charge is 0.409 e. The van der Waals surface area contributed by atoms with Crippen LogP contribution in [0, 0.1) is 6.92 Å². The molecule has 0 aromatic carbocycles. The van der Waals surface area contributed by atoms with E-state index in [-0.39, 0.29) is 17.3 Å². The number of hydrogen-bond acceptors (Lipinski definition) is 5. The Bertz CT molecular complexity index is 509. The summed E-state index contributed by atoms with van der Waals surface area (Å²) in [7, 11) is -3.62. The highest BCUT2D eigenvalue weighted by atomic mass is 79.9. The third-order valence-electron chi connectivity index (χ3n) is 1.70. The molecular formula is C7H10BrN3O3S2. The monoisotopic (exact) mass is 327 g/mol. The maximum atomic E-state index is 11.8. The highest BCUT2D eigenvalue weighted by molar-refractivity contribution is 9.11. The van der Waals surface area contributed by atoms with Crippen LogP contribution in [-0.4, -0.2) is 26.0 Å². The Morgan fingerprint density at radius 2 is 2.38 bits per heavy atom. The summed E-state index contributed by atoms with van der Waals surface area (Å²) in [4.78, 5) is 0.856. The number of nitrogens with zero attached hydrogens (tertiary/aromatic N) is 1. The third-order valence-corrected chi connectivity index (χ3v) is 4.91. The van der Waals surface area contributed by atoms with Crippen molar-refractivity contribution < 1.29 is 13.6 Å². The van der Waals surface area contributed by atoms with Gasteiger partial charge in [-0.05, 0) is 28.9 Å². The molecule has 0 atom stereocenters. The molecule has 90 valence electrons. The Hall–Kier alpha value is -0.640. The minimum atomic E-state index is -3.62. The zero-order valence-corrected chi connectivity index (χ0v) is 11.5. The van der Waals surface area contributed by atoms with Crippen molar-refractivity contribution in [3.05, 3.63) is 14.7 Å². The number of halogens is 1. The van der Waals surface area contributed by atoms with Crippen molar-refractivity contribution in [3.8, 4) is 0 Å². The van der Waals surface area contributed by atoms with Gasteiger partial charge < -0.3 is 10.9 Å². The van der Waals surface area contributed by atoms with Gasteiger partial charge in [0, 0.05) is 4.88 Å². The average Bonchev–Trinajstić information content (AvgIpc) is 2.55. The SMILES string of the molecule is Cc1sc(Br)cc1S(=O)(=O)NCC(N)=NO. The summed E-state index contributed by atoms with van der Waals surface area (Å²) in [5.74, 6) is -0.199. The fraction of sp³-hybridized carbons (Fsp3) is 0.286. The van der Waals surface area contributed by atoms with Gasteiger partial charge in [-0.25, -0.2) is 13.1 Å². The van der Waals surface area contributed by atoms with Crippen LogP contribution in [0.1, 0.15) is 4.88 Å². The molecule has 0 radical (unpaired) electrons. The third kappa shape index (κ3) is 3.17. The molecule has 0 saturated carbocycles. The molecule has 6 nitrogen and oxygen atoms in total. The van der Waals surface area contributed by atoms with Gasteiger partial charge in [0.15, 0.2) is 5.84 Å². The van der Waals surface area contributed by atoms with E-state index in [2.05, 4.69) is 25.8 Å². The zero-order chi connectivity index (χ0) is 12.3. The van der Waals surface area contributed by atoms with Crippen LogP contribution in [0.5, 0.6) is 0 Å². The molecule has 0 fully saturated rings. The van der Waals surface area contributed by atoms with E-state index < -0.39 is 10.0 Å². The molecule has 0 aliphatic carbocycles. The van der Waals surface area contributed by atoms with Crippen molar-refractivity contribution >= 4 is 43.1 Å². The van der Waals surface area contributed by atoms with Gasteiger partial charge in [0.25, 0.3) is 0 Å². The second-order valence-electron chi connectivity index (χ2n) is 2.89. The summed E-state index contributed by atoms with van der Waals surface area (Å²) < 4.78 is 26.5. The summed E-state index contributed by atoms with van der Waals surface area (Å²) in [5.41, 5.74) is 5.17. The lowest BCUT2D eigenvalue weighted by Gasteiger charge is -2.04. The van der Waals surface area contributed by atoms with Crippen molar-refractivity contribution in [3.63, 3.8) is 0 Å². The van der Waals surface area contributed by atoms with Crippen molar-refractivity contribution in [2.24, 2.45) is 10.9 Å². The molecule has 1 rings (SSSR count). The predicted octanol–water partition coefficient (Wildman–Crippen LogP) is 0.844. The van der Waals surface area contributed by atoms with Crippen molar-refractivity contribution in [1.82, 2.24) is 4.72 Å². The van der Waals surface area contributed by atoms with E-state index >= 15 is 0 Å². The molecule has 0 unspecified atom stereocenters. The van der Waals surface area contributed by atoms with Crippen molar-refractivity contribution in [2.45, 2.75) is 11.8 Å². The molecule has 0 saturated heterocycles. The average molecular weight is 328 g/mol. The maximum Gasteiger partial charge on any atom is 0.242 e. The maximum absolute atomic E-state index is 11.8. The topological polar surface area (TPSA) is 105 Å². The van der Waals surface area contributed by atoms with Crippen LogP contribution in [0.15, 0.2) is 19.9 Å². The standard InChI is InChI=1S/C7H10BrN3O3S2/c1-4-5(2-6(8)15-4)16(13,14)10-3-7(9)11-12/h2,10,12H,3H2,1H3,(H2,9,11). The smallest absolute Gasteiger partial charge is 0.242 e. The minimum Gasteiger partial charge on any atom is -0.409 e. The molecule has 1 aromatic heterocycles. The van der Waals surface area contributed by atoms with Gasteiger partial charge in [-0.1, -0.05) is 5.16 Å². The van der Waals surface area contributed by atoms with Crippen LogP contribution in [0.4, 0.5) is 0 Å². The number of hydrogen-bond donors (Lipinski definition) is 3. The Kier molecular flexibility index (Phi) is 4.30. The van der Waals surface area contributed by atoms with Gasteiger partial charge in [0.1, 0.15) is 0 Å². The molecule has 1 heterocycles. The van der Waals surface area contributed by atoms with Gasteiger partial charge in [-0.15, -0.1) is 11.3 Å². The van der Waals surface area contributed by atoms with Crippen molar-refractivity contribution in [2.75, 3.05) is 6.54 Å². The number of sulfonamides is 1. The van der Waals surface area contributed by atoms with Gasteiger partial charge in [0.2, 0.25) is 10.0 Å². The second kappa shape index (κ2) is 5.13. The second-order valence-corrected chi connectivity index (χ2v) is 7.26. The van der Waals surface area contributed by atoms with Gasteiger partial charge in [0.05, 0.1) is 15.2 Å². The molecule has 0 amide bonds. The normalized spacial score (nSPS) is 13.0. The van der Waals surface area contributed by atoms with Gasteiger partial charge in [-0.3, -0.25) is 0 Å². The summed E-state index contributed by atoms with van der Waals surface area (Å²) in [6, 6.07) is 1.51. The zero-order valence-electron chi connectivity index (χ0n) is 8.27. The first-order chi connectivity index (χ1) is 7.36. The first-order valence-electron chi connectivity index (χ1n) is 4.09. The molecule has 9 heteroatoms. The number of rotatable bonds is 4. The van der Waals surface area contributed by atoms with Gasteiger partial charge >= 0.3 is 0 Å².